The number of carbonyl (C=O) groups excluding carboxylic acids is 1. The van der Waals surface area contributed by atoms with Gasteiger partial charge < -0.3 is 20.0 Å². The van der Waals surface area contributed by atoms with Crippen molar-refractivity contribution in [1.29, 1.82) is 0 Å². The number of nitrogens with one attached hydrogen (secondary N) is 1. The molecule has 1 aliphatic rings. The number of aryl methyl sites for hydroxylation is 1. The third kappa shape index (κ3) is 7.58. The summed E-state index contributed by atoms with van der Waals surface area (Å²) in [5.41, 5.74) is 1.78. The number of hydrogen-bond acceptors (Lipinski definition) is 6. The quantitative estimate of drug-likeness (QED) is 0.538. The summed E-state index contributed by atoms with van der Waals surface area (Å²) in [6.45, 7) is 13.6. The zero-order valence-corrected chi connectivity index (χ0v) is 18.5. The zero-order valence-electron chi connectivity index (χ0n) is 17.6. The average Bonchev–Trinajstić information content (AvgIpc) is 2.77. The monoisotopic (exact) mass is 424 g/mol. The Balaban J connectivity index is 0.00000184. The molecule has 0 aromatic heterocycles. The van der Waals surface area contributed by atoms with Gasteiger partial charge in [-0.15, -0.1) is 0 Å². The van der Waals surface area contributed by atoms with Gasteiger partial charge in [-0.1, -0.05) is 24.8 Å². The largest absolute Gasteiger partial charge is 0.456 e. The van der Waals surface area contributed by atoms with E-state index in [9.17, 15) is 8.42 Å². The lowest BCUT2D eigenvalue weighted by atomic mass is 10.2. The minimum absolute atomic E-state index is 0.202. The van der Waals surface area contributed by atoms with E-state index in [2.05, 4.69) is 11.9 Å². The molecule has 1 saturated heterocycles. The highest BCUT2D eigenvalue weighted by molar-refractivity contribution is 7.89. The lowest BCUT2D eigenvalue weighted by Crippen LogP contribution is -2.46. The predicted molar refractivity (Wildman–Crippen MR) is 116 cm³/mol. The maximum Gasteiger partial charge on any atom is 0.246 e. The summed E-state index contributed by atoms with van der Waals surface area (Å²) in [7, 11) is -2.61. The van der Waals surface area contributed by atoms with Crippen LogP contribution in [0.1, 0.15) is 19.4 Å². The topological polar surface area (TPSA) is 95.9 Å². The lowest BCUT2D eigenvalue weighted by Gasteiger charge is -2.27. The first-order valence-electron chi connectivity index (χ1n) is 9.09. The van der Waals surface area contributed by atoms with Gasteiger partial charge in [-0.05, 0) is 50.1 Å². The van der Waals surface area contributed by atoms with Crippen molar-refractivity contribution in [1.82, 2.24) is 9.62 Å². The first-order chi connectivity index (χ1) is 13.9. The third-order valence-electron chi connectivity index (χ3n) is 4.10. The second kappa shape index (κ2) is 13.8. The van der Waals surface area contributed by atoms with Crippen molar-refractivity contribution in [2.75, 3.05) is 33.3 Å². The molecule has 0 unspecified atom stereocenters. The van der Waals surface area contributed by atoms with Crippen LogP contribution >= 0.6 is 0 Å². The Labute approximate surface area is 174 Å². The smallest absolute Gasteiger partial charge is 0.246 e. The Kier molecular flexibility index (Phi) is 12.8. The van der Waals surface area contributed by atoms with Crippen molar-refractivity contribution < 1.29 is 23.1 Å². The van der Waals surface area contributed by atoms with Crippen molar-refractivity contribution in [3.8, 4) is 5.75 Å². The fourth-order valence-corrected chi connectivity index (χ4v) is 4.18. The fraction of sp³-hybridized carbons (Fsp3) is 0.381. The van der Waals surface area contributed by atoms with E-state index in [0.717, 1.165) is 18.2 Å². The maximum absolute atomic E-state index is 13.1. The van der Waals surface area contributed by atoms with Crippen LogP contribution in [0.2, 0.25) is 0 Å². The van der Waals surface area contributed by atoms with Gasteiger partial charge in [0.1, 0.15) is 23.2 Å². The van der Waals surface area contributed by atoms with Crippen molar-refractivity contribution in [2.24, 2.45) is 0 Å². The summed E-state index contributed by atoms with van der Waals surface area (Å²) in [6, 6.07) is 5.23. The van der Waals surface area contributed by atoms with E-state index in [1.54, 1.807) is 24.3 Å². The van der Waals surface area contributed by atoms with Gasteiger partial charge >= 0.3 is 0 Å². The van der Waals surface area contributed by atoms with E-state index in [1.807, 2.05) is 39.7 Å². The number of nitrogens with zero attached hydrogens (tertiary/aromatic N) is 1. The first kappa shape index (κ1) is 26.7. The van der Waals surface area contributed by atoms with Crippen LogP contribution in [0.4, 0.5) is 0 Å². The van der Waals surface area contributed by atoms with Gasteiger partial charge in [0.2, 0.25) is 10.0 Å². The van der Waals surface area contributed by atoms with E-state index >= 15 is 0 Å². The van der Waals surface area contributed by atoms with Crippen LogP contribution in [0.5, 0.6) is 5.75 Å². The van der Waals surface area contributed by atoms with Crippen molar-refractivity contribution >= 4 is 16.8 Å². The molecular formula is C21H32N2O5S. The van der Waals surface area contributed by atoms with Crippen LogP contribution in [0.3, 0.4) is 0 Å². The van der Waals surface area contributed by atoms with Crippen LogP contribution in [0.15, 0.2) is 59.2 Å². The van der Waals surface area contributed by atoms with E-state index in [-0.39, 0.29) is 4.90 Å². The predicted octanol–water partition coefficient (Wildman–Crippen LogP) is 2.43. The molecule has 1 fully saturated rings. The molecule has 2 rings (SSSR count). The summed E-state index contributed by atoms with van der Waals surface area (Å²) >= 11 is 0. The molecule has 0 spiro atoms. The number of benzene rings is 1. The van der Waals surface area contributed by atoms with Crippen LogP contribution in [0, 0.1) is 6.92 Å². The molecule has 2 N–H and O–H groups in total. The highest BCUT2D eigenvalue weighted by atomic mass is 32.2. The Morgan fingerprint density at radius 2 is 1.83 bits per heavy atom. The number of ether oxygens (including phenoxy) is 1. The lowest BCUT2D eigenvalue weighted by molar-refractivity contribution is -0.0980. The molecule has 0 radical (unpaired) electrons. The molecule has 0 amide bonds. The highest BCUT2D eigenvalue weighted by Crippen LogP contribution is 2.30. The molecule has 1 aliphatic heterocycles. The van der Waals surface area contributed by atoms with Crippen LogP contribution in [-0.4, -0.2) is 57.9 Å². The molecule has 0 saturated carbocycles. The summed E-state index contributed by atoms with van der Waals surface area (Å²) in [5, 5.41) is 10.2. The maximum atomic E-state index is 13.1. The van der Waals surface area contributed by atoms with Crippen LogP contribution in [-0.2, 0) is 14.8 Å². The number of rotatable bonds is 6. The highest BCUT2D eigenvalue weighted by Gasteiger charge is 2.29. The fourth-order valence-electron chi connectivity index (χ4n) is 2.54. The SMILES string of the molecule is C=C/C=C(Oc1ccc(C)cc1S(=O)(=O)N1CCNCC1)\C(C)=C/C.C=O.CO. The molecular weight excluding hydrogens is 392 g/mol. The second-order valence-corrected chi connectivity index (χ2v) is 7.85. The Morgan fingerprint density at radius 3 is 2.34 bits per heavy atom. The van der Waals surface area contributed by atoms with E-state index in [4.69, 9.17) is 14.6 Å². The molecule has 29 heavy (non-hydrogen) atoms. The number of piperazine rings is 1. The summed E-state index contributed by atoms with van der Waals surface area (Å²) in [5.74, 6) is 0.913. The summed E-state index contributed by atoms with van der Waals surface area (Å²) < 4.78 is 33.7. The van der Waals surface area contributed by atoms with Gasteiger partial charge in [0.25, 0.3) is 0 Å². The van der Waals surface area contributed by atoms with Gasteiger partial charge in [-0.2, -0.15) is 4.31 Å². The number of aliphatic hydroxyl groups is 1. The van der Waals surface area contributed by atoms with E-state index < -0.39 is 10.0 Å². The van der Waals surface area contributed by atoms with E-state index in [1.165, 1.54) is 4.31 Å². The van der Waals surface area contributed by atoms with Gasteiger partial charge in [0.05, 0.1) is 0 Å². The summed E-state index contributed by atoms with van der Waals surface area (Å²) in [6.07, 6.45) is 5.27. The standard InChI is InChI=1S/C19H26N2O3S.CH4O.CH2O/c1-5-7-17(16(4)6-2)24-18-9-8-15(3)14-19(18)25(22,23)21-12-10-20-11-13-21;2*1-2/h5-9,14,20H,1,10-13H2,2-4H3;2H,1H3;1H2/b16-6-,17-7+;;. The average molecular weight is 425 g/mol. The molecule has 1 heterocycles. The van der Waals surface area contributed by atoms with Crippen LogP contribution in [0.25, 0.3) is 0 Å². The minimum Gasteiger partial charge on any atom is -0.456 e. The normalized spacial score (nSPS) is 15.3. The molecule has 0 bridgehead atoms. The number of allylic oxidation sites excluding steroid dienone is 4. The van der Waals surface area contributed by atoms with Gasteiger partial charge in [-0.25, -0.2) is 8.42 Å². The molecule has 1 aromatic rings. The van der Waals surface area contributed by atoms with Gasteiger partial charge in [0, 0.05) is 33.3 Å². The zero-order chi connectivity index (χ0) is 22.4. The van der Waals surface area contributed by atoms with Crippen LogP contribution < -0.4 is 10.1 Å². The van der Waals surface area contributed by atoms with Crippen molar-refractivity contribution in [3.05, 3.63) is 59.9 Å². The Bertz CT molecular complexity index is 810. The molecule has 7 nitrogen and oxygen atoms in total. The van der Waals surface area contributed by atoms with Crippen molar-refractivity contribution in [3.63, 3.8) is 0 Å². The second-order valence-electron chi connectivity index (χ2n) is 5.94. The number of carbonyl (C=O) groups is 1. The Morgan fingerprint density at radius 1 is 1.24 bits per heavy atom. The molecule has 0 atom stereocenters. The number of aliphatic hydroxyl groups excluding tert-OH is 1. The van der Waals surface area contributed by atoms with Gasteiger partial charge in [-0.3, -0.25) is 0 Å². The molecule has 8 heteroatoms. The number of sulfonamides is 1. The molecule has 1 aromatic carbocycles. The molecule has 0 aliphatic carbocycles. The summed E-state index contributed by atoms with van der Waals surface area (Å²) in [4.78, 5) is 8.20. The molecule has 162 valence electrons. The van der Waals surface area contributed by atoms with Gasteiger partial charge in [0.15, 0.2) is 0 Å². The third-order valence-corrected chi connectivity index (χ3v) is 6.02. The van der Waals surface area contributed by atoms with Crippen molar-refractivity contribution in [2.45, 2.75) is 25.7 Å². The van der Waals surface area contributed by atoms with E-state index in [0.29, 0.717) is 37.7 Å². The Hall–Kier alpha value is -2.26. The minimum atomic E-state index is -3.61. The number of hydrogen-bond donors (Lipinski definition) is 2. The first-order valence-corrected chi connectivity index (χ1v) is 10.5.